The molecule has 0 radical (unpaired) electrons. The molecule has 1 rings (SSSR count). The summed E-state index contributed by atoms with van der Waals surface area (Å²) in [6.45, 7) is 18.4. The van der Waals surface area contributed by atoms with Crippen LogP contribution in [0.3, 0.4) is 0 Å². The van der Waals surface area contributed by atoms with Gasteiger partial charge in [0.15, 0.2) is 14.1 Å². The molecule has 126 valence electrons. The van der Waals surface area contributed by atoms with Gasteiger partial charge in [0, 0.05) is 0 Å². The first-order valence-corrected chi connectivity index (χ1v) is 11.4. The molecule has 0 amide bonds. The fraction of sp³-hybridized carbons (Fsp3) is 1.00. The van der Waals surface area contributed by atoms with Gasteiger partial charge >= 0.3 is 0 Å². The topological polar surface area (TPSA) is 27.7 Å². The number of unbranched alkanes of at least 4 members (excludes halogenated alkanes) is 2. The fourth-order valence-corrected chi connectivity index (χ4v) is 3.75. The maximum Gasteiger partial charge on any atom is 0.192 e. The lowest BCUT2D eigenvalue weighted by Crippen LogP contribution is -2.47. The van der Waals surface area contributed by atoms with E-state index in [1.54, 1.807) is 0 Å². The Balaban J connectivity index is 2.73. The van der Waals surface area contributed by atoms with Crippen molar-refractivity contribution in [1.82, 2.24) is 0 Å². The van der Waals surface area contributed by atoms with Crippen molar-refractivity contribution < 1.29 is 13.9 Å². The number of ether oxygens (including phenoxy) is 2. The monoisotopic (exact) mass is 316 g/mol. The van der Waals surface area contributed by atoms with Gasteiger partial charge in [0.05, 0.1) is 12.7 Å². The first-order valence-electron chi connectivity index (χ1n) is 8.48. The molecule has 0 N–H and O–H groups in total. The third kappa shape index (κ3) is 5.66. The highest BCUT2D eigenvalue weighted by atomic mass is 28.4. The van der Waals surface area contributed by atoms with Crippen LogP contribution in [0.2, 0.25) is 18.1 Å². The molecule has 21 heavy (non-hydrogen) atoms. The Kier molecular flexibility index (Phi) is 6.49. The van der Waals surface area contributed by atoms with Gasteiger partial charge in [-0.3, -0.25) is 0 Å². The molecule has 0 saturated carbocycles. The fourth-order valence-electron chi connectivity index (χ4n) is 2.37. The van der Waals surface area contributed by atoms with Gasteiger partial charge in [-0.15, -0.1) is 0 Å². The van der Waals surface area contributed by atoms with Gasteiger partial charge < -0.3 is 13.9 Å². The summed E-state index contributed by atoms with van der Waals surface area (Å²) < 4.78 is 18.5. The summed E-state index contributed by atoms with van der Waals surface area (Å²) in [7, 11) is -1.78. The second kappa shape index (κ2) is 7.11. The van der Waals surface area contributed by atoms with Crippen LogP contribution in [0.4, 0.5) is 0 Å². The van der Waals surface area contributed by atoms with Gasteiger partial charge in [0.25, 0.3) is 0 Å². The second-order valence-corrected chi connectivity index (χ2v) is 13.0. The summed E-state index contributed by atoms with van der Waals surface area (Å²) in [6, 6.07) is 0. The molecule has 1 saturated heterocycles. The van der Waals surface area contributed by atoms with Crippen LogP contribution in [-0.2, 0) is 13.9 Å². The van der Waals surface area contributed by atoms with Gasteiger partial charge in [-0.25, -0.2) is 0 Å². The SMILES string of the molecule is CCCCC[C@@H](O[Si](C)(C)C(C)(C)C)[C@H]1COC(C)(C)O1. The predicted octanol–water partition coefficient (Wildman–Crippen LogP) is 5.11. The Labute approximate surface area is 132 Å². The van der Waals surface area contributed by atoms with Crippen LogP contribution in [0.1, 0.15) is 67.2 Å². The van der Waals surface area contributed by atoms with Crippen molar-refractivity contribution in [3.8, 4) is 0 Å². The van der Waals surface area contributed by atoms with Crippen molar-refractivity contribution in [1.29, 1.82) is 0 Å². The van der Waals surface area contributed by atoms with Gasteiger partial charge in [0.1, 0.15) is 6.10 Å². The first kappa shape index (κ1) is 19.1. The molecule has 1 heterocycles. The zero-order valence-electron chi connectivity index (χ0n) is 15.4. The number of hydrogen-bond acceptors (Lipinski definition) is 3. The zero-order chi connectivity index (χ0) is 16.3. The summed E-state index contributed by atoms with van der Waals surface area (Å²) in [5.74, 6) is -0.468. The van der Waals surface area contributed by atoms with Crippen molar-refractivity contribution in [2.45, 2.75) is 103 Å². The molecule has 0 spiro atoms. The lowest BCUT2D eigenvalue weighted by Gasteiger charge is -2.40. The summed E-state index contributed by atoms with van der Waals surface area (Å²) in [6.07, 6.45) is 5.01. The van der Waals surface area contributed by atoms with E-state index in [4.69, 9.17) is 13.9 Å². The standard InChI is InChI=1S/C17H36O3Si/c1-9-10-11-12-14(15-13-18-17(5,6)19-15)20-21(7,8)16(2,3)4/h14-15H,9-13H2,1-8H3/t14-,15-/m1/s1. The Bertz CT molecular complexity index is 320. The highest BCUT2D eigenvalue weighted by molar-refractivity contribution is 6.74. The molecule has 0 aliphatic carbocycles. The maximum absolute atomic E-state index is 6.66. The summed E-state index contributed by atoms with van der Waals surface area (Å²) >= 11 is 0. The second-order valence-electron chi connectivity index (χ2n) is 8.28. The van der Waals surface area contributed by atoms with Crippen molar-refractivity contribution >= 4 is 8.32 Å². The molecule has 1 aliphatic rings. The van der Waals surface area contributed by atoms with Gasteiger partial charge in [-0.2, -0.15) is 0 Å². The van der Waals surface area contributed by atoms with E-state index in [-0.39, 0.29) is 17.2 Å². The minimum Gasteiger partial charge on any atom is -0.411 e. The summed E-state index contributed by atoms with van der Waals surface area (Å²) in [5, 5.41) is 0.227. The Morgan fingerprint density at radius 2 is 1.86 bits per heavy atom. The van der Waals surface area contributed by atoms with Crippen molar-refractivity contribution in [2.24, 2.45) is 0 Å². The minimum absolute atomic E-state index is 0.0750. The Hall–Kier alpha value is 0.0969. The lowest BCUT2D eigenvalue weighted by molar-refractivity contribution is -0.150. The smallest absolute Gasteiger partial charge is 0.192 e. The Morgan fingerprint density at radius 3 is 2.29 bits per heavy atom. The summed E-state index contributed by atoms with van der Waals surface area (Å²) in [5.41, 5.74) is 0. The van der Waals surface area contributed by atoms with Crippen LogP contribution >= 0.6 is 0 Å². The molecular weight excluding hydrogens is 280 g/mol. The highest BCUT2D eigenvalue weighted by Gasteiger charge is 2.44. The predicted molar refractivity (Wildman–Crippen MR) is 91.1 cm³/mol. The minimum atomic E-state index is -1.78. The molecule has 0 aromatic carbocycles. The first-order chi connectivity index (χ1) is 9.48. The van der Waals surface area contributed by atoms with Crippen molar-refractivity contribution in [3.05, 3.63) is 0 Å². The van der Waals surface area contributed by atoms with Crippen LogP contribution in [-0.4, -0.2) is 32.9 Å². The van der Waals surface area contributed by atoms with E-state index < -0.39 is 14.1 Å². The van der Waals surface area contributed by atoms with E-state index in [9.17, 15) is 0 Å². The maximum atomic E-state index is 6.66. The average Bonchev–Trinajstić information content (AvgIpc) is 2.67. The molecular formula is C17H36O3Si. The van der Waals surface area contributed by atoms with Gasteiger partial charge in [-0.05, 0) is 38.4 Å². The average molecular weight is 317 g/mol. The number of rotatable bonds is 7. The van der Waals surface area contributed by atoms with E-state index >= 15 is 0 Å². The molecule has 4 heteroatoms. The molecule has 1 aliphatic heterocycles. The zero-order valence-corrected chi connectivity index (χ0v) is 16.4. The van der Waals surface area contributed by atoms with Crippen LogP contribution in [0.15, 0.2) is 0 Å². The lowest BCUT2D eigenvalue weighted by atomic mass is 10.1. The molecule has 3 nitrogen and oxygen atoms in total. The van der Waals surface area contributed by atoms with E-state index in [2.05, 4.69) is 40.8 Å². The van der Waals surface area contributed by atoms with E-state index in [0.717, 1.165) is 6.42 Å². The van der Waals surface area contributed by atoms with Gasteiger partial charge in [0.2, 0.25) is 0 Å². The third-order valence-corrected chi connectivity index (χ3v) is 9.29. The third-order valence-electron chi connectivity index (χ3n) is 4.79. The number of hydrogen-bond donors (Lipinski definition) is 0. The van der Waals surface area contributed by atoms with Gasteiger partial charge in [-0.1, -0.05) is 47.0 Å². The molecule has 0 bridgehead atoms. The molecule has 2 atom stereocenters. The van der Waals surface area contributed by atoms with Crippen LogP contribution in [0.25, 0.3) is 0 Å². The van der Waals surface area contributed by atoms with E-state index in [1.807, 2.05) is 13.8 Å². The van der Waals surface area contributed by atoms with Crippen LogP contribution in [0, 0.1) is 0 Å². The highest BCUT2D eigenvalue weighted by Crippen LogP contribution is 2.39. The van der Waals surface area contributed by atoms with E-state index in [0.29, 0.717) is 6.61 Å². The van der Waals surface area contributed by atoms with Crippen LogP contribution < -0.4 is 0 Å². The largest absolute Gasteiger partial charge is 0.411 e. The Morgan fingerprint density at radius 1 is 1.24 bits per heavy atom. The quantitative estimate of drug-likeness (QED) is 0.482. The van der Waals surface area contributed by atoms with E-state index in [1.165, 1.54) is 19.3 Å². The molecule has 0 aromatic rings. The normalized spacial score (nSPS) is 24.3. The van der Waals surface area contributed by atoms with Crippen molar-refractivity contribution in [3.63, 3.8) is 0 Å². The summed E-state index contributed by atoms with van der Waals surface area (Å²) in [4.78, 5) is 0. The molecule has 0 unspecified atom stereocenters. The molecule has 1 fully saturated rings. The van der Waals surface area contributed by atoms with Crippen LogP contribution in [0.5, 0.6) is 0 Å². The van der Waals surface area contributed by atoms with Crippen molar-refractivity contribution in [2.75, 3.05) is 6.61 Å². The molecule has 0 aromatic heterocycles.